The molecule has 1 aromatic carbocycles. The van der Waals surface area contributed by atoms with Gasteiger partial charge < -0.3 is 11.1 Å². The minimum atomic E-state index is 0.605. The van der Waals surface area contributed by atoms with Gasteiger partial charge in [0.1, 0.15) is 0 Å². The van der Waals surface area contributed by atoms with Gasteiger partial charge in [-0.05, 0) is 56.7 Å². The highest BCUT2D eigenvalue weighted by Gasteiger charge is 2.31. The average Bonchev–Trinajstić information content (AvgIpc) is 3.05. The fourth-order valence-corrected chi connectivity index (χ4v) is 4.44. The minimum absolute atomic E-state index is 0.605. The van der Waals surface area contributed by atoms with E-state index in [1.807, 2.05) is 0 Å². The van der Waals surface area contributed by atoms with E-state index in [-0.39, 0.29) is 0 Å². The summed E-state index contributed by atoms with van der Waals surface area (Å²) in [7, 11) is 0. The van der Waals surface area contributed by atoms with Gasteiger partial charge in [-0.2, -0.15) is 0 Å². The van der Waals surface area contributed by atoms with Crippen molar-refractivity contribution in [1.29, 1.82) is 0 Å². The van der Waals surface area contributed by atoms with Crippen molar-refractivity contribution in [2.45, 2.75) is 57.7 Å². The van der Waals surface area contributed by atoms with Crippen molar-refractivity contribution in [1.82, 2.24) is 10.2 Å². The predicted octanol–water partition coefficient (Wildman–Crippen LogP) is 3.00. The van der Waals surface area contributed by atoms with Gasteiger partial charge in [0, 0.05) is 25.2 Å². The maximum Gasteiger partial charge on any atom is 0.0233 e. The Labute approximate surface area is 141 Å². The number of hydrogen-bond donors (Lipinski definition) is 2. The highest BCUT2D eigenvalue weighted by molar-refractivity contribution is 5.14. The molecule has 3 heteroatoms. The summed E-state index contributed by atoms with van der Waals surface area (Å²) in [6, 6.07) is 12.1. The van der Waals surface area contributed by atoms with Crippen LogP contribution < -0.4 is 11.1 Å². The quantitative estimate of drug-likeness (QED) is 0.848. The van der Waals surface area contributed by atoms with Gasteiger partial charge in [-0.15, -0.1) is 0 Å². The van der Waals surface area contributed by atoms with Crippen molar-refractivity contribution in [2.75, 3.05) is 19.6 Å². The van der Waals surface area contributed by atoms with Gasteiger partial charge in [-0.1, -0.05) is 43.2 Å². The molecule has 0 radical (unpaired) electrons. The minimum Gasteiger partial charge on any atom is -0.330 e. The van der Waals surface area contributed by atoms with Crippen LogP contribution >= 0.6 is 0 Å². The van der Waals surface area contributed by atoms with Crippen LogP contribution in [0.4, 0.5) is 0 Å². The summed E-state index contributed by atoms with van der Waals surface area (Å²) in [5.41, 5.74) is 7.42. The molecule has 1 heterocycles. The van der Waals surface area contributed by atoms with Crippen LogP contribution in [0.5, 0.6) is 0 Å². The molecule has 0 aromatic heterocycles. The van der Waals surface area contributed by atoms with E-state index in [9.17, 15) is 0 Å². The fraction of sp³-hybridized carbons (Fsp3) is 0.700. The SMILES string of the molecule is CC(NC1CCCCC1CN)C1CCN(Cc2ccccc2)C1. The van der Waals surface area contributed by atoms with E-state index in [0.29, 0.717) is 18.0 Å². The molecule has 2 aliphatic rings. The third-order valence-corrected chi connectivity index (χ3v) is 5.95. The second-order valence-electron chi connectivity index (χ2n) is 7.61. The summed E-state index contributed by atoms with van der Waals surface area (Å²) in [6.07, 6.45) is 6.67. The molecule has 3 nitrogen and oxygen atoms in total. The van der Waals surface area contributed by atoms with Gasteiger partial charge >= 0.3 is 0 Å². The van der Waals surface area contributed by atoms with Crippen molar-refractivity contribution in [3.63, 3.8) is 0 Å². The average molecular weight is 316 g/mol. The van der Waals surface area contributed by atoms with Gasteiger partial charge in [-0.25, -0.2) is 0 Å². The summed E-state index contributed by atoms with van der Waals surface area (Å²) in [5.74, 6) is 1.46. The molecule has 1 saturated carbocycles. The van der Waals surface area contributed by atoms with Crippen LogP contribution in [0.3, 0.4) is 0 Å². The van der Waals surface area contributed by atoms with Crippen LogP contribution in [-0.2, 0) is 6.54 Å². The van der Waals surface area contributed by atoms with Crippen LogP contribution in [0, 0.1) is 11.8 Å². The number of hydrogen-bond acceptors (Lipinski definition) is 3. The zero-order valence-corrected chi connectivity index (χ0v) is 14.6. The molecule has 3 rings (SSSR count). The lowest BCUT2D eigenvalue weighted by molar-refractivity contribution is 0.222. The monoisotopic (exact) mass is 315 g/mol. The number of nitrogens with zero attached hydrogens (tertiary/aromatic N) is 1. The maximum atomic E-state index is 5.98. The van der Waals surface area contributed by atoms with E-state index in [2.05, 4.69) is 47.5 Å². The van der Waals surface area contributed by atoms with Crippen molar-refractivity contribution in [3.8, 4) is 0 Å². The molecule has 1 aliphatic heterocycles. The first kappa shape index (κ1) is 16.9. The van der Waals surface area contributed by atoms with Crippen LogP contribution in [0.1, 0.15) is 44.6 Å². The second kappa shape index (κ2) is 8.27. The lowest BCUT2D eigenvalue weighted by atomic mass is 9.83. The van der Waals surface area contributed by atoms with E-state index >= 15 is 0 Å². The van der Waals surface area contributed by atoms with Gasteiger partial charge in [0.15, 0.2) is 0 Å². The van der Waals surface area contributed by atoms with E-state index in [1.165, 1.54) is 50.8 Å². The van der Waals surface area contributed by atoms with Crippen molar-refractivity contribution >= 4 is 0 Å². The van der Waals surface area contributed by atoms with Crippen LogP contribution in [0.15, 0.2) is 30.3 Å². The third-order valence-electron chi connectivity index (χ3n) is 5.95. The predicted molar refractivity (Wildman–Crippen MR) is 97.2 cm³/mol. The zero-order valence-electron chi connectivity index (χ0n) is 14.6. The Morgan fingerprint density at radius 2 is 1.96 bits per heavy atom. The Balaban J connectivity index is 1.48. The molecule has 4 atom stereocenters. The molecule has 1 aliphatic carbocycles. The summed E-state index contributed by atoms with van der Waals surface area (Å²) in [4.78, 5) is 2.61. The highest BCUT2D eigenvalue weighted by Crippen LogP contribution is 2.27. The van der Waals surface area contributed by atoms with Crippen molar-refractivity contribution < 1.29 is 0 Å². The molecular formula is C20H33N3. The molecular weight excluding hydrogens is 282 g/mol. The molecule has 4 unspecified atom stereocenters. The molecule has 0 spiro atoms. The maximum absolute atomic E-state index is 5.98. The molecule has 0 bridgehead atoms. The summed E-state index contributed by atoms with van der Waals surface area (Å²) >= 11 is 0. The molecule has 2 fully saturated rings. The van der Waals surface area contributed by atoms with Gasteiger partial charge in [0.2, 0.25) is 0 Å². The summed E-state index contributed by atoms with van der Waals surface area (Å²) in [6.45, 7) is 6.78. The molecule has 1 aromatic rings. The van der Waals surface area contributed by atoms with Crippen LogP contribution in [0.25, 0.3) is 0 Å². The first-order valence-electron chi connectivity index (χ1n) is 9.48. The normalized spacial score (nSPS) is 30.4. The zero-order chi connectivity index (χ0) is 16.1. The summed E-state index contributed by atoms with van der Waals surface area (Å²) in [5, 5.41) is 3.94. The van der Waals surface area contributed by atoms with Crippen LogP contribution in [-0.4, -0.2) is 36.6 Å². The number of likely N-dealkylation sites (tertiary alicyclic amines) is 1. The van der Waals surface area contributed by atoms with Crippen molar-refractivity contribution in [2.24, 2.45) is 17.6 Å². The van der Waals surface area contributed by atoms with E-state index in [4.69, 9.17) is 5.73 Å². The molecule has 3 N–H and O–H groups in total. The Bertz CT molecular complexity index is 461. The molecule has 0 amide bonds. The van der Waals surface area contributed by atoms with Crippen molar-refractivity contribution in [3.05, 3.63) is 35.9 Å². The topological polar surface area (TPSA) is 41.3 Å². The number of nitrogens with two attached hydrogens (primary N) is 1. The largest absolute Gasteiger partial charge is 0.330 e. The van der Waals surface area contributed by atoms with E-state index < -0.39 is 0 Å². The van der Waals surface area contributed by atoms with Gasteiger partial charge in [0.25, 0.3) is 0 Å². The lowest BCUT2D eigenvalue weighted by Crippen LogP contribution is -2.48. The van der Waals surface area contributed by atoms with Gasteiger partial charge in [-0.3, -0.25) is 4.90 Å². The van der Waals surface area contributed by atoms with Crippen LogP contribution in [0.2, 0.25) is 0 Å². The standard InChI is InChI=1S/C20H33N3/c1-16(22-20-10-6-5-9-18(20)13-21)19-11-12-23(15-19)14-17-7-3-2-4-8-17/h2-4,7-8,16,18-20,22H,5-6,9-15,21H2,1H3. The molecule has 128 valence electrons. The first-order chi connectivity index (χ1) is 11.3. The lowest BCUT2D eigenvalue weighted by Gasteiger charge is -2.35. The molecule has 23 heavy (non-hydrogen) atoms. The number of benzene rings is 1. The Morgan fingerprint density at radius 3 is 2.74 bits per heavy atom. The Hall–Kier alpha value is -0.900. The highest BCUT2D eigenvalue weighted by atomic mass is 15.2. The summed E-state index contributed by atoms with van der Waals surface area (Å²) < 4.78 is 0. The fourth-order valence-electron chi connectivity index (χ4n) is 4.44. The smallest absolute Gasteiger partial charge is 0.0233 e. The third kappa shape index (κ3) is 4.56. The second-order valence-corrected chi connectivity index (χ2v) is 7.61. The Kier molecular flexibility index (Phi) is 6.09. The first-order valence-corrected chi connectivity index (χ1v) is 9.48. The molecule has 1 saturated heterocycles. The van der Waals surface area contributed by atoms with Gasteiger partial charge in [0.05, 0.1) is 0 Å². The number of rotatable bonds is 6. The van der Waals surface area contributed by atoms with E-state index in [1.54, 1.807) is 0 Å². The Morgan fingerprint density at radius 1 is 1.17 bits per heavy atom. The number of nitrogens with one attached hydrogen (secondary N) is 1. The van der Waals surface area contributed by atoms with E-state index in [0.717, 1.165) is 19.0 Å².